The molecule has 2 aliphatic rings. The molecule has 7 heteroatoms. The van der Waals surface area contributed by atoms with Gasteiger partial charge in [-0.15, -0.1) is 0 Å². The summed E-state index contributed by atoms with van der Waals surface area (Å²) in [5.41, 5.74) is 4.55. The van der Waals surface area contributed by atoms with Gasteiger partial charge in [-0.2, -0.15) is 0 Å². The van der Waals surface area contributed by atoms with Gasteiger partial charge in [0.15, 0.2) is 15.0 Å². The number of sulfone groups is 1. The van der Waals surface area contributed by atoms with Crippen LogP contribution in [0.4, 0.5) is 5.69 Å². The van der Waals surface area contributed by atoms with Gasteiger partial charge in [-0.1, -0.05) is 41.6 Å². The average molecular weight is 421 g/mol. The number of thioether (sulfide) groups is 1. The Hall–Kier alpha value is -1.50. The van der Waals surface area contributed by atoms with Gasteiger partial charge >= 0.3 is 0 Å². The minimum atomic E-state index is -3.04. The van der Waals surface area contributed by atoms with Crippen LogP contribution in [0.15, 0.2) is 47.5 Å². The van der Waals surface area contributed by atoms with E-state index in [1.165, 1.54) is 11.1 Å². The van der Waals surface area contributed by atoms with Crippen molar-refractivity contribution in [3.8, 4) is 0 Å². The van der Waals surface area contributed by atoms with Gasteiger partial charge in [-0.3, -0.25) is 4.99 Å². The highest BCUT2D eigenvalue weighted by Gasteiger charge is 2.47. The number of halogens is 1. The molecular formula is C20H21ClN2O2S2. The number of anilines is 1. The summed E-state index contributed by atoms with van der Waals surface area (Å²) in [6, 6.07) is 13.8. The molecule has 4 nitrogen and oxygen atoms in total. The van der Waals surface area contributed by atoms with Gasteiger partial charge in [0.05, 0.1) is 23.6 Å². The molecule has 0 aliphatic carbocycles. The predicted molar refractivity (Wildman–Crippen MR) is 115 cm³/mol. The standard InChI is InChI=1S/C20H21ClN2O2S2/c1-13-6-7-17(8-14(13)2)23-19-12-27(24,25)11-18(19)22-20(23)26-10-15-4-3-5-16(21)9-15/h3-9,18-19H,10-12H2,1-2H3. The SMILES string of the molecule is Cc1ccc(N2C(SCc3cccc(Cl)c3)=NC3CS(=O)(=O)CC32)cc1C. The van der Waals surface area contributed by atoms with Gasteiger partial charge in [0.25, 0.3) is 0 Å². The van der Waals surface area contributed by atoms with Crippen molar-refractivity contribution in [3.05, 3.63) is 64.2 Å². The van der Waals surface area contributed by atoms with Crippen molar-refractivity contribution in [3.63, 3.8) is 0 Å². The smallest absolute Gasteiger partial charge is 0.164 e. The van der Waals surface area contributed by atoms with Gasteiger partial charge in [0, 0.05) is 16.5 Å². The molecule has 142 valence electrons. The summed E-state index contributed by atoms with van der Waals surface area (Å²) >= 11 is 7.73. The van der Waals surface area contributed by atoms with E-state index in [1.54, 1.807) is 11.8 Å². The summed E-state index contributed by atoms with van der Waals surface area (Å²) in [4.78, 5) is 6.91. The van der Waals surface area contributed by atoms with Crippen LogP contribution < -0.4 is 4.90 Å². The number of benzene rings is 2. The normalized spacial score (nSPS) is 23.4. The van der Waals surface area contributed by atoms with Crippen molar-refractivity contribution in [2.24, 2.45) is 4.99 Å². The number of amidine groups is 1. The highest BCUT2D eigenvalue weighted by atomic mass is 35.5. The van der Waals surface area contributed by atoms with E-state index in [4.69, 9.17) is 16.6 Å². The molecule has 2 aliphatic heterocycles. The maximum atomic E-state index is 12.1. The second-order valence-electron chi connectivity index (χ2n) is 7.18. The largest absolute Gasteiger partial charge is 0.315 e. The first kappa shape index (κ1) is 18.8. The predicted octanol–water partition coefficient (Wildman–Crippen LogP) is 4.23. The van der Waals surface area contributed by atoms with E-state index in [0.717, 1.165) is 27.2 Å². The lowest BCUT2D eigenvalue weighted by molar-refractivity contribution is 0.601. The van der Waals surface area contributed by atoms with E-state index in [9.17, 15) is 8.42 Å². The van der Waals surface area contributed by atoms with Crippen LogP contribution in [-0.2, 0) is 15.6 Å². The molecule has 1 saturated heterocycles. The van der Waals surface area contributed by atoms with Crippen molar-refractivity contribution in [1.29, 1.82) is 0 Å². The van der Waals surface area contributed by atoms with Crippen LogP contribution >= 0.6 is 23.4 Å². The highest BCUT2D eigenvalue weighted by molar-refractivity contribution is 8.13. The third-order valence-corrected chi connectivity index (χ3v) is 8.11. The summed E-state index contributed by atoms with van der Waals surface area (Å²) in [7, 11) is -3.04. The average Bonchev–Trinajstić information content (AvgIpc) is 3.07. The minimum Gasteiger partial charge on any atom is -0.315 e. The van der Waals surface area contributed by atoms with Crippen LogP contribution in [0.25, 0.3) is 0 Å². The highest BCUT2D eigenvalue weighted by Crippen LogP contribution is 2.36. The van der Waals surface area contributed by atoms with Crippen molar-refractivity contribution < 1.29 is 8.42 Å². The topological polar surface area (TPSA) is 49.7 Å². The summed E-state index contributed by atoms with van der Waals surface area (Å²) in [6.07, 6.45) is 0. The number of rotatable bonds is 3. The van der Waals surface area contributed by atoms with Crippen LogP contribution in [0.1, 0.15) is 16.7 Å². The molecule has 0 bridgehead atoms. The molecular weight excluding hydrogens is 400 g/mol. The van der Waals surface area contributed by atoms with Crippen LogP contribution in [0.5, 0.6) is 0 Å². The molecule has 0 aromatic heterocycles. The van der Waals surface area contributed by atoms with E-state index in [1.807, 2.05) is 24.3 Å². The van der Waals surface area contributed by atoms with Gasteiger partial charge in [0.1, 0.15) is 0 Å². The third kappa shape index (κ3) is 3.89. The molecule has 0 spiro atoms. The molecule has 0 amide bonds. The summed E-state index contributed by atoms with van der Waals surface area (Å²) in [5.74, 6) is 1.04. The maximum Gasteiger partial charge on any atom is 0.164 e. The number of hydrogen-bond acceptors (Lipinski definition) is 5. The quantitative estimate of drug-likeness (QED) is 0.745. The number of aryl methyl sites for hydroxylation is 2. The molecule has 2 atom stereocenters. The van der Waals surface area contributed by atoms with Crippen molar-refractivity contribution >= 4 is 44.1 Å². The third-order valence-electron chi connectivity index (χ3n) is 5.13. The zero-order valence-electron chi connectivity index (χ0n) is 15.2. The Morgan fingerprint density at radius 2 is 1.96 bits per heavy atom. The Bertz CT molecular complexity index is 1020. The number of aliphatic imine (C=N–C) groups is 1. The van der Waals surface area contributed by atoms with Crippen LogP contribution in [0, 0.1) is 13.8 Å². The van der Waals surface area contributed by atoms with Crippen LogP contribution in [0.3, 0.4) is 0 Å². The Kier molecular flexibility index (Phi) is 4.99. The van der Waals surface area contributed by atoms with Gasteiger partial charge in [-0.05, 0) is 54.8 Å². The Morgan fingerprint density at radius 3 is 2.70 bits per heavy atom. The zero-order chi connectivity index (χ0) is 19.2. The molecule has 0 radical (unpaired) electrons. The molecule has 2 aromatic carbocycles. The Morgan fingerprint density at radius 1 is 1.15 bits per heavy atom. The Labute approximate surface area is 169 Å². The summed E-state index contributed by atoms with van der Waals surface area (Å²) in [5, 5.41) is 1.61. The number of fused-ring (bicyclic) bond motifs is 1. The molecule has 4 rings (SSSR count). The van der Waals surface area contributed by atoms with Gasteiger partial charge in [0.2, 0.25) is 0 Å². The van der Waals surface area contributed by atoms with E-state index >= 15 is 0 Å². The molecule has 0 N–H and O–H groups in total. The fourth-order valence-electron chi connectivity index (χ4n) is 3.59. The number of nitrogens with zero attached hydrogens (tertiary/aromatic N) is 2. The monoisotopic (exact) mass is 420 g/mol. The molecule has 2 heterocycles. The first-order chi connectivity index (χ1) is 12.8. The fraction of sp³-hybridized carbons (Fsp3) is 0.350. The van der Waals surface area contributed by atoms with Crippen molar-refractivity contribution in [2.75, 3.05) is 16.4 Å². The minimum absolute atomic E-state index is 0.112. The molecule has 27 heavy (non-hydrogen) atoms. The molecule has 2 aromatic rings. The lowest BCUT2D eigenvalue weighted by Gasteiger charge is -2.27. The molecule has 1 fully saturated rings. The first-order valence-electron chi connectivity index (χ1n) is 8.84. The van der Waals surface area contributed by atoms with Crippen molar-refractivity contribution in [2.45, 2.75) is 31.7 Å². The molecule has 0 saturated carbocycles. The summed E-state index contributed by atoms with van der Waals surface area (Å²) < 4.78 is 24.3. The second kappa shape index (κ2) is 7.15. The lowest BCUT2D eigenvalue weighted by atomic mass is 10.1. The fourth-order valence-corrected chi connectivity index (χ4v) is 6.71. The van der Waals surface area contributed by atoms with Crippen molar-refractivity contribution in [1.82, 2.24) is 0 Å². The zero-order valence-corrected chi connectivity index (χ0v) is 17.6. The second-order valence-corrected chi connectivity index (χ2v) is 10.7. The summed E-state index contributed by atoms with van der Waals surface area (Å²) in [6.45, 7) is 4.16. The van der Waals surface area contributed by atoms with E-state index < -0.39 is 9.84 Å². The van der Waals surface area contributed by atoms with Crippen LogP contribution in [-0.4, -0.2) is 37.2 Å². The number of hydrogen-bond donors (Lipinski definition) is 0. The molecule has 2 unspecified atom stereocenters. The van der Waals surface area contributed by atoms with Gasteiger partial charge in [-0.25, -0.2) is 8.42 Å². The first-order valence-corrected chi connectivity index (χ1v) is 12.0. The van der Waals surface area contributed by atoms with E-state index in [2.05, 4.69) is 36.9 Å². The van der Waals surface area contributed by atoms with Gasteiger partial charge < -0.3 is 4.90 Å². The van der Waals surface area contributed by atoms with Crippen LogP contribution in [0.2, 0.25) is 5.02 Å². The Balaban J connectivity index is 1.64. The van der Waals surface area contributed by atoms with E-state index in [0.29, 0.717) is 0 Å². The van der Waals surface area contributed by atoms with E-state index in [-0.39, 0.29) is 23.6 Å². The lowest BCUT2D eigenvalue weighted by Crippen LogP contribution is -2.39. The maximum absolute atomic E-state index is 12.1.